The smallest absolute Gasteiger partial charge is 0.462 e. The lowest BCUT2D eigenvalue weighted by atomic mass is 9.85. The predicted octanol–water partition coefficient (Wildman–Crippen LogP) is 7.27. The Hall–Kier alpha value is -2.34. The van der Waals surface area contributed by atoms with Gasteiger partial charge in [-0.25, -0.2) is 9.13 Å². The molecule has 0 spiro atoms. The number of unbranched alkanes of at least 4 members (excludes halogenated alkanes) is 9. The molecule has 368 valence electrons. The SMILES string of the molecule is CCC/C=C\C/C=C\CCCCCCCC(=O)O[C@H](COC(=O)CCC/C=C\C/C=C\C/C=C\CC1OC1CCCCC)COP(=O)(O)O[C@H]1C(O)C(O)C(O)[C@@H](OP(=O)(O)O)C1O. The second kappa shape index (κ2) is 33.2. The number of hydrogen-bond donors (Lipinski definition) is 7. The average Bonchev–Trinajstić information content (AvgIpc) is 4.00. The number of phosphoric ester groups is 2. The van der Waals surface area contributed by atoms with Gasteiger partial charge in [-0.3, -0.25) is 23.2 Å². The maximum Gasteiger partial charge on any atom is 0.472 e. The Bertz CT molecular complexity index is 1540. The van der Waals surface area contributed by atoms with E-state index in [1.165, 1.54) is 19.3 Å². The fourth-order valence-corrected chi connectivity index (χ4v) is 8.33. The Labute approximate surface area is 379 Å². The van der Waals surface area contributed by atoms with Crippen molar-refractivity contribution in [2.24, 2.45) is 0 Å². The molecule has 2 aliphatic rings. The fourth-order valence-electron chi connectivity index (χ4n) is 6.80. The minimum absolute atomic E-state index is 0.0110. The molecule has 2 rings (SSSR count). The van der Waals surface area contributed by atoms with E-state index in [1.807, 2.05) is 12.2 Å². The lowest BCUT2D eigenvalue weighted by Gasteiger charge is -2.43. The summed E-state index contributed by atoms with van der Waals surface area (Å²) < 4.78 is 55.0. The molecule has 10 atom stereocenters. The van der Waals surface area contributed by atoms with Crippen LogP contribution in [0.1, 0.15) is 142 Å². The van der Waals surface area contributed by atoms with Crippen LogP contribution in [-0.4, -0.2) is 115 Å². The molecule has 0 aromatic rings. The molecule has 0 aromatic carbocycles. The van der Waals surface area contributed by atoms with Crippen molar-refractivity contribution in [2.45, 2.75) is 197 Å². The minimum atomic E-state index is -5.37. The first kappa shape index (κ1) is 57.8. The number of ether oxygens (including phenoxy) is 3. The van der Waals surface area contributed by atoms with Gasteiger partial charge in [0.25, 0.3) is 0 Å². The Balaban J connectivity index is 1.83. The van der Waals surface area contributed by atoms with E-state index in [0.717, 1.165) is 77.0 Å². The van der Waals surface area contributed by atoms with Crippen LogP contribution in [0.15, 0.2) is 60.8 Å². The lowest BCUT2D eigenvalue weighted by molar-refractivity contribution is -0.216. The topological polar surface area (TPSA) is 269 Å². The zero-order valence-electron chi connectivity index (χ0n) is 37.6. The number of esters is 2. The van der Waals surface area contributed by atoms with Gasteiger partial charge in [0, 0.05) is 12.8 Å². The molecule has 7 unspecified atom stereocenters. The van der Waals surface area contributed by atoms with Gasteiger partial charge in [0.15, 0.2) is 6.10 Å². The summed E-state index contributed by atoms with van der Waals surface area (Å²) in [6.45, 7) is 2.93. The van der Waals surface area contributed by atoms with Crippen molar-refractivity contribution >= 4 is 27.6 Å². The van der Waals surface area contributed by atoms with Crippen molar-refractivity contribution in [3.63, 3.8) is 0 Å². The molecule has 64 heavy (non-hydrogen) atoms. The van der Waals surface area contributed by atoms with E-state index in [9.17, 15) is 44.0 Å². The summed E-state index contributed by atoms with van der Waals surface area (Å²) in [6, 6.07) is 0. The van der Waals surface area contributed by atoms with Gasteiger partial charge in [-0.2, -0.15) is 0 Å². The van der Waals surface area contributed by atoms with E-state index >= 15 is 0 Å². The van der Waals surface area contributed by atoms with Gasteiger partial charge in [-0.05, 0) is 70.6 Å². The quantitative estimate of drug-likeness (QED) is 0.0107. The first-order chi connectivity index (χ1) is 30.6. The summed E-state index contributed by atoms with van der Waals surface area (Å²) in [7, 11) is -10.7. The zero-order chi connectivity index (χ0) is 47.2. The van der Waals surface area contributed by atoms with Crippen LogP contribution >= 0.6 is 15.6 Å². The third kappa shape index (κ3) is 26.7. The van der Waals surface area contributed by atoms with Gasteiger partial charge in [0.05, 0.1) is 18.8 Å². The van der Waals surface area contributed by atoms with Crippen LogP contribution in [-0.2, 0) is 46.5 Å². The number of epoxide rings is 1. The molecule has 1 saturated carbocycles. The molecule has 1 heterocycles. The summed E-state index contributed by atoms with van der Waals surface area (Å²) in [4.78, 5) is 54.2. The molecule has 2 fully saturated rings. The van der Waals surface area contributed by atoms with Crippen LogP contribution in [0.25, 0.3) is 0 Å². The summed E-state index contributed by atoms with van der Waals surface area (Å²) in [5.74, 6) is -1.30. The molecule has 1 saturated heterocycles. The highest BCUT2D eigenvalue weighted by Crippen LogP contribution is 2.49. The lowest BCUT2D eigenvalue weighted by Crippen LogP contribution is -2.64. The standard InChI is InChI=1S/C45H76O17P2/c1-3-5-7-8-9-10-11-12-13-18-21-24-28-32-39(47)59-35(34-58-64(55,56)62-45-42(50)40(48)41(49)44(43(45)51)61-63(52,53)54)33-57-38(46)31-27-23-20-17-15-14-16-19-22-26-30-37-36(60-37)29-25-6-4-2/h7-8,10-11,14,16-17,20,22,26,35-37,40-45,48-51H,3-6,9,12-13,15,18-19,21,23-25,27-34H2,1-2H3,(H,55,56)(H2,52,53,54)/b8-7-,11-10-,16-14-,20-17-,26-22-/t35-,36?,37?,40?,41?,42?,43?,44-,45+/m1/s1. The second-order valence-corrected chi connectivity index (χ2v) is 18.7. The summed E-state index contributed by atoms with van der Waals surface area (Å²) >= 11 is 0. The number of rotatable bonds is 36. The Morgan fingerprint density at radius 1 is 0.578 bits per heavy atom. The average molecular weight is 951 g/mol. The van der Waals surface area contributed by atoms with Crippen LogP contribution in [0.5, 0.6) is 0 Å². The van der Waals surface area contributed by atoms with Crippen LogP contribution in [0.4, 0.5) is 0 Å². The molecule has 17 nitrogen and oxygen atoms in total. The van der Waals surface area contributed by atoms with Gasteiger partial charge in [0.1, 0.15) is 43.2 Å². The predicted molar refractivity (Wildman–Crippen MR) is 240 cm³/mol. The van der Waals surface area contributed by atoms with E-state index in [4.69, 9.17) is 33.0 Å². The van der Waals surface area contributed by atoms with E-state index in [2.05, 4.69) is 67.0 Å². The van der Waals surface area contributed by atoms with Crippen molar-refractivity contribution in [2.75, 3.05) is 13.2 Å². The van der Waals surface area contributed by atoms with E-state index < -0.39 is 83.5 Å². The fraction of sp³-hybridized carbons (Fsp3) is 0.733. The van der Waals surface area contributed by atoms with E-state index in [0.29, 0.717) is 31.5 Å². The molecule has 7 N–H and O–H groups in total. The third-order valence-corrected chi connectivity index (χ3v) is 12.0. The van der Waals surface area contributed by atoms with E-state index in [-0.39, 0.29) is 12.8 Å². The Morgan fingerprint density at radius 3 is 1.78 bits per heavy atom. The zero-order valence-corrected chi connectivity index (χ0v) is 39.4. The number of carbonyl (C=O) groups excluding carboxylic acids is 2. The van der Waals surface area contributed by atoms with Crippen molar-refractivity contribution in [3.8, 4) is 0 Å². The first-order valence-corrected chi connectivity index (χ1v) is 26.0. The van der Waals surface area contributed by atoms with Crippen LogP contribution in [0, 0.1) is 0 Å². The monoisotopic (exact) mass is 950 g/mol. The molecule has 1 aliphatic heterocycles. The molecule has 0 aromatic heterocycles. The molecular weight excluding hydrogens is 874 g/mol. The van der Waals surface area contributed by atoms with Crippen molar-refractivity contribution in [1.82, 2.24) is 0 Å². The summed E-state index contributed by atoms with van der Waals surface area (Å²) in [5.41, 5.74) is 0. The molecule has 1 aliphatic carbocycles. The number of hydrogen-bond acceptors (Lipinski definition) is 14. The third-order valence-electron chi connectivity index (χ3n) is 10.5. The highest BCUT2D eigenvalue weighted by Gasteiger charge is 2.54. The van der Waals surface area contributed by atoms with Crippen molar-refractivity contribution < 1.29 is 81.6 Å². The summed E-state index contributed by atoms with van der Waals surface area (Å²) in [5, 5.41) is 41.2. The maximum absolute atomic E-state index is 13.0. The number of allylic oxidation sites excluding steroid dienone is 9. The van der Waals surface area contributed by atoms with E-state index in [1.54, 1.807) is 0 Å². The van der Waals surface area contributed by atoms with Crippen LogP contribution in [0.3, 0.4) is 0 Å². The maximum atomic E-state index is 13.0. The van der Waals surface area contributed by atoms with Gasteiger partial charge in [-0.1, -0.05) is 120 Å². The van der Waals surface area contributed by atoms with Gasteiger partial charge in [0.2, 0.25) is 0 Å². The van der Waals surface area contributed by atoms with Crippen molar-refractivity contribution in [3.05, 3.63) is 60.8 Å². The van der Waals surface area contributed by atoms with Gasteiger partial charge >= 0.3 is 27.6 Å². The minimum Gasteiger partial charge on any atom is -0.462 e. The largest absolute Gasteiger partial charge is 0.472 e. The number of carbonyl (C=O) groups is 2. The highest BCUT2D eigenvalue weighted by molar-refractivity contribution is 7.47. The molecule has 0 radical (unpaired) electrons. The highest BCUT2D eigenvalue weighted by atomic mass is 31.2. The molecular formula is C45H76O17P2. The van der Waals surface area contributed by atoms with Gasteiger partial charge < -0.3 is 49.3 Å². The van der Waals surface area contributed by atoms with Crippen LogP contribution in [0.2, 0.25) is 0 Å². The second-order valence-electron chi connectivity index (χ2n) is 16.1. The normalized spacial score (nSPS) is 25.5. The molecule has 0 amide bonds. The number of aliphatic hydroxyl groups is 4. The Morgan fingerprint density at radius 2 is 1.14 bits per heavy atom. The summed E-state index contributed by atoms with van der Waals surface area (Å²) in [6.07, 6.45) is 23.7. The molecule has 19 heteroatoms. The molecule has 0 bridgehead atoms. The van der Waals surface area contributed by atoms with Gasteiger partial charge in [-0.15, -0.1) is 0 Å². The number of aliphatic hydroxyl groups excluding tert-OH is 4. The Kier molecular flexibility index (Phi) is 30.0. The number of phosphoric acid groups is 2. The first-order valence-electron chi connectivity index (χ1n) is 23.0. The van der Waals surface area contributed by atoms with Crippen LogP contribution < -0.4 is 0 Å². The van der Waals surface area contributed by atoms with Crippen molar-refractivity contribution in [1.29, 1.82) is 0 Å².